The lowest BCUT2D eigenvalue weighted by Crippen LogP contribution is -2.71. The van der Waals surface area contributed by atoms with Crippen LogP contribution in [0, 0.1) is 0 Å². The summed E-state index contributed by atoms with van der Waals surface area (Å²) in [5.74, 6) is -3.83. The summed E-state index contributed by atoms with van der Waals surface area (Å²) < 4.78 is 1.25. The van der Waals surface area contributed by atoms with Gasteiger partial charge in [0.15, 0.2) is 10.8 Å². The number of aromatic carboxylic acids is 1. The molecule has 3 aromatic heterocycles. The van der Waals surface area contributed by atoms with E-state index in [1.807, 2.05) is 0 Å². The molecule has 0 unspecified atom stereocenters. The van der Waals surface area contributed by atoms with Gasteiger partial charge in [-0.25, -0.2) is 19.6 Å². The molecule has 0 spiro atoms. The quantitative estimate of drug-likeness (QED) is 0.0827. The SMILES string of the molecule is CON=C(C(=O)N[C@@H]1C(=O)N2C(C(=O)O)=C(CSc3ccnc4nc(C(=O)O)nn34)CS[C@H]12)c1csc(N)n1. The van der Waals surface area contributed by atoms with E-state index in [-0.39, 0.29) is 39.5 Å². The lowest BCUT2D eigenvalue weighted by molar-refractivity contribution is -0.150. The molecule has 1 saturated heterocycles. The summed E-state index contributed by atoms with van der Waals surface area (Å²) in [5.41, 5.74) is 5.94. The Morgan fingerprint density at radius 3 is 2.77 bits per heavy atom. The second-order valence-corrected chi connectivity index (χ2v) is 10.8. The third-order valence-electron chi connectivity index (χ3n) is 5.49. The lowest BCUT2D eigenvalue weighted by Gasteiger charge is -2.49. The lowest BCUT2D eigenvalue weighted by atomic mass is 10.0. The zero-order chi connectivity index (χ0) is 27.8. The van der Waals surface area contributed by atoms with Gasteiger partial charge in [-0.1, -0.05) is 5.16 Å². The Labute approximate surface area is 230 Å². The van der Waals surface area contributed by atoms with Crippen molar-refractivity contribution in [1.82, 2.24) is 34.8 Å². The van der Waals surface area contributed by atoms with E-state index in [4.69, 9.17) is 15.7 Å². The Kier molecular flexibility index (Phi) is 7.10. The topological polar surface area (TPSA) is 228 Å². The number of β-lactam (4-membered cyclic amide) rings is 1. The number of carbonyl (C=O) groups is 4. The zero-order valence-electron chi connectivity index (χ0n) is 19.7. The minimum Gasteiger partial charge on any atom is -0.477 e. The van der Waals surface area contributed by atoms with E-state index in [0.717, 1.165) is 16.2 Å². The second-order valence-electron chi connectivity index (χ2n) is 7.84. The van der Waals surface area contributed by atoms with Gasteiger partial charge in [0.1, 0.15) is 34.9 Å². The summed E-state index contributed by atoms with van der Waals surface area (Å²) in [6.45, 7) is 0. The van der Waals surface area contributed by atoms with E-state index in [1.165, 1.54) is 46.7 Å². The highest BCUT2D eigenvalue weighted by atomic mass is 32.2. The Bertz CT molecular complexity index is 1580. The van der Waals surface area contributed by atoms with Gasteiger partial charge < -0.3 is 26.1 Å². The van der Waals surface area contributed by atoms with Gasteiger partial charge >= 0.3 is 11.9 Å². The van der Waals surface area contributed by atoms with Crippen LogP contribution in [0.15, 0.2) is 39.1 Å². The molecule has 5 rings (SSSR count). The molecule has 0 radical (unpaired) electrons. The molecule has 2 aliphatic heterocycles. The Morgan fingerprint density at radius 2 is 2.10 bits per heavy atom. The summed E-state index contributed by atoms with van der Waals surface area (Å²) in [4.78, 5) is 67.1. The van der Waals surface area contributed by atoms with Crippen molar-refractivity contribution in [2.24, 2.45) is 5.16 Å². The molecule has 0 saturated carbocycles. The maximum Gasteiger partial charge on any atom is 0.375 e. The van der Waals surface area contributed by atoms with E-state index in [0.29, 0.717) is 10.6 Å². The number of hydrogen-bond acceptors (Lipinski definition) is 14. The highest BCUT2D eigenvalue weighted by Crippen LogP contribution is 2.41. The van der Waals surface area contributed by atoms with Crippen LogP contribution >= 0.6 is 34.9 Å². The summed E-state index contributed by atoms with van der Waals surface area (Å²) in [7, 11) is 1.25. The van der Waals surface area contributed by atoms with Crippen LogP contribution in [-0.4, -0.2) is 99.2 Å². The van der Waals surface area contributed by atoms with E-state index in [2.05, 4.69) is 30.5 Å². The molecule has 16 nitrogen and oxygen atoms in total. The van der Waals surface area contributed by atoms with Gasteiger partial charge in [0.2, 0.25) is 0 Å². The first-order valence-corrected chi connectivity index (χ1v) is 13.7. The first-order chi connectivity index (χ1) is 18.7. The fraction of sp³-hybridized carbons (Fsp3) is 0.250. The molecule has 2 amide bonds. The van der Waals surface area contributed by atoms with E-state index < -0.39 is 41.0 Å². The molecular formula is C20H17N9O7S3. The summed E-state index contributed by atoms with van der Waals surface area (Å²) in [6, 6.07) is 0.598. The van der Waals surface area contributed by atoms with Gasteiger partial charge in [-0.2, -0.15) is 9.50 Å². The maximum absolute atomic E-state index is 13.0. The van der Waals surface area contributed by atoms with Gasteiger partial charge in [-0.15, -0.1) is 40.0 Å². The van der Waals surface area contributed by atoms with E-state index >= 15 is 0 Å². The minimum atomic E-state index is -1.31. The molecule has 0 aliphatic carbocycles. The van der Waals surface area contributed by atoms with Gasteiger partial charge in [-0.3, -0.25) is 14.5 Å². The molecular weight excluding hydrogens is 574 g/mol. The molecule has 5 N–H and O–H groups in total. The number of oxime groups is 1. The van der Waals surface area contributed by atoms with Crippen molar-refractivity contribution >= 4 is 75.2 Å². The van der Waals surface area contributed by atoms with Crippen LogP contribution in [0.4, 0.5) is 5.13 Å². The number of carbonyl (C=O) groups excluding carboxylic acids is 2. The van der Waals surface area contributed by atoms with Crippen LogP contribution in [0.25, 0.3) is 5.78 Å². The number of aliphatic carboxylic acids is 1. The molecule has 19 heteroatoms. The number of carboxylic acids is 2. The molecule has 2 aliphatic rings. The van der Waals surface area contributed by atoms with Crippen LogP contribution in [0.2, 0.25) is 0 Å². The number of rotatable bonds is 9. The summed E-state index contributed by atoms with van der Waals surface area (Å²) in [6.07, 6.45) is 1.43. The molecule has 2 atom stereocenters. The number of thiazole rings is 1. The number of nitrogens with one attached hydrogen (secondary N) is 1. The van der Waals surface area contributed by atoms with Crippen LogP contribution in [0.1, 0.15) is 16.3 Å². The number of amides is 2. The molecule has 39 heavy (non-hydrogen) atoms. The first kappa shape index (κ1) is 26.4. The number of aromatic nitrogens is 5. The van der Waals surface area contributed by atoms with Crippen LogP contribution in [-0.2, 0) is 19.2 Å². The fourth-order valence-corrected chi connectivity index (χ4v) is 6.82. The van der Waals surface area contributed by atoms with Crippen LogP contribution in [0.3, 0.4) is 0 Å². The fourth-order valence-electron chi connectivity index (χ4n) is 3.83. The second kappa shape index (κ2) is 10.5. The normalized spacial score (nSPS) is 19.1. The van der Waals surface area contributed by atoms with Crippen LogP contribution in [0.5, 0.6) is 0 Å². The highest BCUT2D eigenvalue weighted by molar-refractivity contribution is 8.01. The van der Waals surface area contributed by atoms with Gasteiger partial charge in [0, 0.05) is 23.1 Å². The van der Waals surface area contributed by atoms with Gasteiger partial charge in [0.25, 0.3) is 23.4 Å². The molecule has 5 heterocycles. The zero-order valence-corrected chi connectivity index (χ0v) is 22.1. The monoisotopic (exact) mass is 591 g/mol. The van der Waals surface area contributed by atoms with Crippen molar-refractivity contribution in [1.29, 1.82) is 0 Å². The van der Waals surface area contributed by atoms with Gasteiger partial charge in [0.05, 0.1) is 0 Å². The molecule has 202 valence electrons. The van der Waals surface area contributed by atoms with E-state index in [1.54, 1.807) is 6.07 Å². The predicted octanol–water partition coefficient (Wildman–Crippen LogP) is -0.257. The number of fused-ring (bicyclic) bond motifs is 2. The van der Waals surface area contributed by atoms with Crippen molar-refractivity contribution in [2.75, 3.05) is 24.3 Å². The number of nitrogens with two attached hydrogens (primary N) is 1. The Morgan fingerprint density at radius 1 is 1.31 bits per heavy atom. The number of anilines is 1. The average Bonchev–Trinajstić information content (AvgIpc) is 3.55. The number of thioether (sulfide) groups is 2. The minimum absolute atomic E-state index is 0.0798. The van der Waals surface area contributed by atoms with Gasteiger partial charge in [-0.05, 0) is 11.6 Å². The standard InChI is InChI=1S/C20H17N9O7S3/c1-36-27-10(8-6-39-19(21)23-8)14(30)24-11-15(31)28-12(17(32)33)7(5-38-16(11)28)4-37-9-2-3-22-20-25-13(18(34)35)26-29(9)20/h2-3,6,11,16H,4-5H2,1H3,(H2,21,23)(H,24,30)(H,32,33)(H,34,35)/t11-,16-/m1/s1. The highest BCUT2D eigenvalue weighted by Gasteiger charge is 2.54. The maximum atomic E-state index is 13.0. The van der Waals surface area contributed by atoms with Crippen molar-refractivity contribution in [3.63, 3.8) is 0 Å². The predicted molar refractivity (Wildman–Crippen MR) is 138 cm³/mol. The summed E-state index contributed by atoms with van der Waals surface area (Å²) in [5, 5.41) is 30.9. The average molecular weight is 592 g/mol. The summed E-state index contributed by atoms with van der Waals surface area (Å²) >= 11 is 3.59. The van der Waals surface area contributed by atoms with Crippen molar-refractivity contribution < 1.29 is 34.2 Å². The number of nitrogen functional groups attached to an aromatic ring is 1. The largest absolute Gasteiger partial charge is 0.477 e. The Balaban J connectivity index is 1.33. The molecule has 0 bridgehead atoms. The smallest absolute Gasteiger partial charge is 0.375 e. The Hall–Kier alpha value is -4.23. The van der Waals surface area contributed by atoms with Crippen LogP contribution < -0.4 is 11.1 Å². The molecule has 1 fully saturated rings. The molecule has 3 aromatic rings. The van der Waals surface area contributed by atoms with E-state index in [9.17, 15) is 24.3 Å². The van der Waals surface area contributed by atoms with Crippen molar-refractivity contribution in [3.8, 4) is 0 Å². The van der Waals surface area contributed by atoms with Crippen molar-refractivity contribution in [3.05, 3.63) is 40.4 Å². The van der Waals surface area contributed by atoms with Crippen molar-refractivity contribution in [2.45, 2.75) is 16.4 Å². The third-order valence-corrected chi connectivity index (χ3v) is 8.60. The number of nitrogens with zero attached hydrogens (tertiary/aromatic N) is 7. The number of hydrogen-bond donors (Lipinski definition) is 4. The molecule has 0 aromatic carbocycles. The number of carboxylic acid groups (broad SMARTS) is 2. The first-order valence-electron chi connectivity index (χ1n) is 10.8. The third kappa shape index (κ3) is 4.86.